The Balaban J connectivity index is -0.000000470. The van der Waals surface area contributed by atoms with Gasteiger partial charge in [-0.3, -0.25) is 16.0 Å². The summed E-state index contributed by atoms with van der Waals surface area (Å²) in [5.41, 5.74) is 0. The van der Waals surface area contributed by atoms with E-state index < -0.39 is 0 Å². The van der Waals surface area contributed by atoms with Crippen molar-refractivity contribution in [2.45, 2.75) is 244 Å². The number of nitrogens with one attached hydrogen (secondary N) is 3. The normalized spacial score (nSPS) is 15.6. The Bertz CT molecular complexity index is 465. The minimum absolute atomic E-state index is 0. The van der Waals surface area contributed by atoms with Crippen molar-refractivity contribution in [3.05, 3.63) is 0 Å². The van der Waals surface area contributed by atoms with E-state index in [1.807, 2.05) is 0 Å². The second-order valence-corrected chi connectivity index (χ2v) is 14.3. The average molecular weight is 751 g/mol. The standard InChI is InChI=1S/C27H57N3.C12H25.3ClH.Cr/c1-3-5-7-9-11-13-15-17-19-21-23-26-28-25-29-27(30-26)24-22-20-18-16-14-12-10-8-6-4-2;1-3-5-7-9-11-12-10-8-6-4-2;;;;/h26-30H,3-25H2,1-2H3;1,3-12H2,2H3;3*1H;/q;;;;;+3/p-3. The maximum Gasteiger partial charge on any atom is -1.00 e. The first-order valence-corrected chi connectivity index (χ1v) is 21.0. The monoisotopic (exact) mass is 749 g/mol. The molecule has 0 aromatic heterocycles. The molecule has 1 saturated heterocycles. The summed E-state index contributed by atoms with van der Waals surface area (Å²) in [4.78, 5) is 0. The Morgan fingerprint density at radius 2 is 0.609 bits per heavy atom. The van der Waals surface area contributed by atoms with Gasteiger partial charge < -0.3 is 37.2 Å². The van der Waals surface area contributed by atoms with Gasteiger partial charge in [0.15, 0.2) is 0 Å². The van der Waals surface area contributed by atoms with Crippen LogP contribution in [-0.2, 0) is 16.3 Å². The van der Waals surface area contributed by atoms with E-state index in [4.69, 9.17) is 0 Å². The van der Waals surface area contributed by atoms with E-state index >= 15 is 0 Å². The van der Waals surface area contributed by atoms with Crippen molar-refractivity contribution in [1.29, 1.82) is 0 Å². The molecule has 0 aromatic carbocycles. The molecule has 3 N–H and O–H groups in total. The van der Waals surface area contributed by atoms with Gasteiger partial charge in [-0.1, -0.05) is 142 Å². The molecule has 0 saturated carbocycles. The van der Waals surface area contributed by atoms with Gasteiger partial charge in [0.05, 0.1) is 12.3 Å². The second kappa shape index (κ2) is 48.4. The molecule has 1 aliphatic rings. The number of rotatable bonds is 32. The van der Waals surface area contributed by atoms with Gasteiger partial charge in [-0.05, 0) is 12.8 Å². The molecular weight excluding hydrogens is 669 g/mol. The molecule has 1 aliphatic heterocycles. The van der Waals surface area contributed by atoms with Crippen LogP contribution < -0.4 is 53.2 Å². The fourth-order valence-corrected chi connectivity index (χ4v) is 6.62. The summed E-state index contributed by atoms with van der Waals surface area (Å²) in [7, 11) is 0. The SMILES string of the molecule is CCCCCCCCCCCCC1NCNC(CCCCCCCCCCCC)N1.CCCCCCCCCCC[CH2][Cr+3].[Cl-].[Cl-].[Cl-]. The molecule has 7 heteroatoms. The number of halogens is 3. The Labute approximate surface area is 318 Å². The molecule has 0 bridgehead atoms. The van der Waals surface area contributed by atoms with Gasteiger partial charge in [0.25, 0.3) is 0 Å². The van der Waals surface area contributed by atoms with Crippen LogP contribution in [0.1, 0.15) is 226 Å². The molecule has 0 radical (unpaired) electrons. The maximum absolute atomic E-state index is 3.79. The summed E-state index contributed by atoms with van der Waals surface area (Å²) >= 11 is 3.07. The molecule has 1 fully saturated rings. The third kappa shape index (κ3) is 43.3. The number of hydrogen-bond acceptors (Lipinski definition) is 3. The van der Waals surface area contributed by atoms with Crippen LogP contribution >= 0.6 is 0 Å². The van der Waals surface area contributed by atoms with Gasteiger partial charge in [-0.15, -0.1) is 0 Å². The summed E-state index contributed by atoms with van der Waals surface area (Å²) in [6.45, 7) is 7.85. The van der Waals surface area contributed by atoms with E-state index in [1.165, 1.54) is 211 Å². The Morgan fingerprint density at radius 1 is 0.370 bits per heavy atom. The van der Waals surface area contributed by atoms with Crippen LogP contribution in [0.2, 0.25) is 5.28 Å². The molecule has 2 unspecified atom stereocenters. The Morgan fingerprint density at radius 3 is 0.870 bits per heavy atom. The zero-order chi connectivity index (χ0) is 31.3. The predicted octanol–water partition coefficient (Wildman–Crippen LogP) is 3.88. The Kier molecular flexibility index (Phi) is 56.9. The minimum Gasteiger partial charge on any atom is -1.00 e. The summed E-state index contributed by atoms with van der Waals surface area (Å²) in [6, 6.07) is 0. The van der Waals surface area contributed by atoms with Gasteiger partial charge in [-0.25, -0.2) is 0 Å². The van der Waals surface area contributed by atoms with Crippen LogP contribution in [0.5, 0.6) is 0 Å². The molecular formula is C39H82Cl3CrN3. The van der Waals surface area contributed by atoms with Crippen molar-refractivity contribution in [3.63, 3.8) is 0 Å². The van der Waals surface area contributed by atoms with E-state index in [0.717, 1.165) is 6.67 Å². The summed E-state index contributed by atoms with van der Waals surface area (Å²) < 4.78 is 0. The van der Waals surface area contributed by atoms with Crippen molar-refractivity contribution in [3.8, 4) is 0 Å². The van der Waals surface area contributed by atoms with E-state index in [2.05, 4.69) is 53.0 Å². The maximum atomic E-state index is 3.79. The van der Waals surface area contributed by atoms with E-state index in [1.54, 1.807) is 0 Å². The number of unbranched alkanes of at least 4 members (excludes halogenated alkanes) is 27. The fourth-order valence-electron chi connectivity index (χ4n) is 6.30. The molecule has 1 rings (SSSR count). The van der Waals surface area contributed by atoms with Gasteiger partial charge in [0.2, 0.25) is 0 Å². The van der Waals surface area contributed by atoms with Crippen molar-refractivity contribution in [2.24, 2.45) is 0 Å². The van der Waals surface area contributed by atoms with E-state index in [9.17, 15) is 0 Å². The van der Waals surface area contributed by atoms with Gasteiger partial charge in [0.1, 0.15) is 0 Å². The van der Waals surface area contributed by atoms with E-state index in [-0.39, 0.29) is 37.2 Å². The second-order valence-electron chi connectivity index (χ2n) is 13.7. The molecule has 2 atom stereocenters. The molecule has 1 heterocycles. The largest absolute Gasteiger partial charge is 1.00 e. The first-order chi connectivity index (χ1) is 21.3. The first-order valence-electron chi connectivity index (χ1n) is 20.1. The zero-order valence-corrected chi connectivity index (χ0v) is 34.8. The third-order valence-electron chi connectivity index (χ3n) is 9.29. The van der Waals surface area contributed by atoms with Crippen LogP contribution in [-0.4, -0.2) is 19.0 Å². The molecule has 280 valence electrons. The van der Waals surface area contributed by atoms with Gasteiger partial charge >= 0.3 is 92.7 Å². The van der Waals surface area contributed by atoms with Crippen LogP contribution in [0.15, 0.2) is 0 Å². The van der Waals surface area contributed by atoms with Crippen LogP contribution in [0.4, 0.5) is 0 Å². The quantitative estimate of drug-likeness (QED) is 0.0915. The van der Waals surface area contributed by atoms with Crippen LogP contribution in [0, 0.1) is 0 Å². The van der Waals surface area contributed by atoms with Crippen molar-refractivity contribution in [1.82, 2.24) is 16.0 Å². The first kappa shape index (κ1) is 54.1. The Hall–Kier alpha value is 1.28. The molecule has 0 spiro atoms. The predicted molar refractivity (Wildman–Crippen MR) is 191 cm³/mol. The van der Waals surface area contributed by atoms with E-state index in [0.29, 0.717) is 12.3 Å². The number of hydrogen-bond donors (Lipinski definition) is 3. The van der Waals surface area contributed by atoms with Crippen molar-refractivity contribution >= 4 is 0 Å². The topological polar surface area (TPSA) is 36.1 Å². The minimum atomic E-state index is 0. The molecule has 46 heavy (non-hydrogen) atoms. The molecule has 0 aliphatic carbocycles. The van der Waals surface area contributed by atoms with Crippen molar-refractivity contribution < 1.29 is 53.5 Å². The average Bonchev–Trinajstić information content (AvgIpc) is 3.02. The third-order valence-corrected chi connectivity index (χ3v) is 9.74. The summed E-state index contributed by atoms with van der Waals surface area (Å²) in [6.07, 6.45) is 46.5. The fraction of sp³-hybridized carbons (Fsp3) is 1.00. The van der Waals surface area contributed by atoms with Crippen LogP contribution in [0.25, 0.3) is 0 Å². The summed E-state index contributed by atoms with van der Waals surface area (Å²) in [5.74, 6) is 0. The zero-order valence-electron chi connectivity index (χ0n) is 31.2. The summed E-state index contributed by atoms with van der Waals surface area (Å²) in [5, 5.41) is 12.2. The van der Waals surface area contributed by atoms with Gasteiger partial charge in [0, 0.05) is 6.67 Å². The van der Waals surface area contributed by atoms with Crippen LogP contribution in [0.3, 0.4) is 0 Å². The van der Waals surface area contributed by atoms with Gasteiger partial charge in [-0.2, -0.15) is 0 Å². The molecule has 3 nitrogen and oxygen atoms in total. The molecule has 0 amide bonds. The smallest absolute Gasteiger partial charge is 1.00 e. The van der Waals surface area contributed by atoms with Crippen molar-refractivity contribution in [2.75, 3.05) is 6.67 Å². The molecule has 0 aromatic rings.